The molecule has 1 N–H and O–H groups in total. The Morgan fingerprint density at radius 1 is 1.13 bits per heavy atom. The molecule has 23 heavy (non-hydrogen) atoms. The predicted molar refractivity (Wildman–Crippen MR) is 89.8 cm³/mol. The van der Waals surface area contributed by atoms with E-state index in [-0.39, 0.29) is 17.7 Å². The molecule has 118 valence electrons. The van der Waals surface area contributed by atoms with Crippen LogP contribution in [-0.2, 0) is 0 Å². The van der Waals surface area contributed by atoms with Crippen molar-refractivity contribution in [2.24, 2.45) is 0 Å². The van der Waals surface area contributed by atoms with Gasteiger partial charge in [0.05, 0.1) is 13.2 Å². The molecule has 1 aromatic heterocycles. The topological polar surface area (TPSA) is 59.9 Å². The molecule has 1 heterocycles. The summed E-state index contributed by atoms with van der Waals surface area (Å²) in [6.07, 6.45) is 0. The van der Waals surface area contributed by atoms with E-state index < -0.39 is 0 Å². The third kappa shape index (κ3) is 2.77. The molecule has 0 bridgehead atoms. The monoisotopic (exact) mass is 309 g/mol. The zero-order chi connectivity index (χ0) is 16.4. The fraction of sp³-hybridized carbons (Fsp3) is 0.222. The maximum absolute atomic E-state index is 12.0. The second kappa shape index (κ2) is 6.12. The van der Waals surface area contributed by atoms with Crippen molar-refractivity contribution in [3.63, 3.8) is 0 Å². The van der Waals surface area contributed by atoms with Gasteiger partial charge in [-0.05, 0) is 42.2 Å². The van der Waals surface area contributed by atoms with Crippen molar-refractivity contribution in [3.05, 3.63) is 70.1 Å². The average Bonchev–Trinajstić information content (AvgIpc) is 2.96. The van der Waals surface area contributed by atoms with Gasteiger partial charge in [-0.3, -0.25) is 0 Å². The lowest BCUT2D eigenvalue weighted by molar-refractivity contribution is 0.347. The maximum atomic E-state index is 12.0. The molecule has 0 aliphatic carbocycles. The molecule has 1 unspecified atom stereocenters. The fourth-order valence-electron chi connectivity index (χ4n) is 2.82. The zero-order valence-electron chi connectivity index (χ0n) is 13.4. The minimum atomic E-state index is -0.279. The van der Waals surface area contributed by atoms with Gasteiger partial charge in [-0.15, -0.1) is 5.10 Å². The van der Waals surface area contributed by atoms with E-state index in [0.717, 1.165) is 22.3 Å². The lowest BCUT2D eigenvalue weighted by Crippen LogP contribution is -2.22. The number of aryl methyl sites for hydroxylation is 1. The molecule has 0 fully saturated rings. The number of aromatic amines is 1. The van der Waals surface area contributed by atoms with E-state index in [2.05, 4.69) is 40.5 Å². The van der Waals surface area contributed by atoms with Crippen molar-refractivity contribution in [1.29, 1.82) is 0 Å². The smallest absolute Gasteiger partial charge is 0.346 e. The molecule has 3 rings (SSSR count). The van der Waals surface area contributed by atoms with E-state index in [1.807, 2.05) is 32.0 Å². The summed E-state index contributed by atoms with van der Waals surface area (Å²) in [5.41, 5.74) is 4.17. The number of hydrogen-bond donors (Lipinski definition) is 1. The van der Waals surface area contributed by atoms with Crippen LogP contribution in [0.2, 0.25) is 0 Å². The molecule has 0 spiro atoms. The minimum Gasteiger partial charge on any atom is -0.467 e. The van der Waals surface area contributed by atoms with Crippen molar-refractivity contribution < 1.29 is 4.74 Å². The number of nitrogens with zero attached hydrogens (tertiary/aromatic N) is 2. The highest BCUT2D eigenvalue weighted by atomic mass is 16.5. The Labute approximate surface area is 134 Å². The molecule has 0 saturated carbocycles. The van der Waals surface area contributed by atoms with Gasteiger partial charge in [0.15, 0.2) is 0 Å². The van der Waals surface area contributed by atoms with Gasteiger partial charge in [-0.2, -0.15) is 0 Å². The Morgan fingerprint density at radius 2 is 1.87 bits per heavy atom. The standard InChI is InChI=1S/C18H19N3O2/c1-12-9-10-15(14-7-5-4-6-8-14)11-16(12)13(2)21-17(22)19-20-18(21)23-3/h4-11,13H,1-3H3,(H,19,22). The molecule has 2 aromatic carbocycles. The van der Waals surface area contributed by atoms with Crippen LogP contribution in [0.3, 0.4) is 0 Å². The van der Waals surface area contributed by atoms with E-state index in [0.29, 0.717) is 0 Å². The van der Waals surface area contributed by atoms with Gasteiger partial charge in [0.25, 0.3) is 0 Å². The summed E-state index contributed by atoms with van der Waals surface area (Å²) in [5.74, 6) is 0. The summed E-state index contributed by atoms with van der Waals surface area (Å²) in [6.45, 7) is 4.01. The Kier molecular flexibility index (Phi) is 4.02. The fourth-order valence-corrected chi connectivity index (χ4v) is 2.82. The van der Waals surface area contributed by atoms with Crippen LogP contribution >= 0.6 is 0 Å². The van der Waals surface area contributed by atoms with E-state index in [1.165, 1.54) is 11.7 Å². The number of nitrogens with one attached hydrogen (secondary N) is 1. The van der Waals surface area contributed by atoms with Crippen LogP contribution in [0.15, 0.2) is 53.3 Å². The number of rotatable bonds is 4. The lowest BCUT2D eigenvalue weighted by atomic mass is 9.96. The first kappa shape index (κ1) is 15.1. The largest absolute Gasteiger partial charge is 0.467 e. The second-order valence-electron chi connectivity index (χ2n) is 5.50. The van der Waals surface area contributed by atoms with E-state index >= 15 is 0 Å². The highest BCUT2D eigenvalue weighted by Crippen LogP contribution is 2.28. The van der Waals surface area contributed by atoms with Crippen LogP contribution in [0.1, 0.15) is 24.1 Å². The van der Waals surface area contributed by atoms with Crippen molar-refractivity contribution in [1.82, 2.24) is 14.8 Å². The Balaban J connectivity index is 2.09. The third-order valence-electron chi connectivity index (χ3n) is 4.08. The molecule has 0 radical (unpaired) electrons. The van der Waals surface area contributed by atoms with Crippen LogP contribution in [0.4, 0.5) is 0 Å². The first-order valence-corrected chi connectivity index (χ1v) is 7.48. The summed E-state index contributed by atoms with van der Waals surface area (Å²) in [5, 5.41) is 6.33. The molecule has 1 atom stereocenters. The third-order valence-corrected chi connectivity index (χ3v) is 4.08. The molecule has 5 heteroatoms. The quantitative estimate of drug-likeness (QED) is 0.805. The molecule has 0 amide bonds. The number of benzene rings is 2. The first-order valence-electron chi connectivity index (χ1n) is 7.48. The van der Waals surface area contributed by atoms with Gasteiger partial charge in [-0.1, -0.05) is 42.5 Å². The molecule has 0 aliphatic heterocycles. The summed E-state index contributed by atoms with van der Waals surface area (Å²) in [6, 6.07) is 16.6. The number of aromatic nitrogens is 3. The van der Waals surface area contributed by atoms with Crippen LogP contribution in [-0.4, -0.2) is 21.9 Å². The Hall–Kier alpha value is -2.82. The van der Waals surface area contributed by atoms with Gasteiger partial charge in [0.2, 0.25) is 0 Å². The van der Waals surface area contributed by atoms with E-state index in [1.54, 1.807) is 0 Å². The van der Waals surface area contributed by atoms with Crippen LogP contribution < -0.4 is 10.4 Å². The SMILES string of the molecule is COc1n[nH]c(=O)n1C(C)c1cc(-c2ccccc2)ccc1C. The number of ether oxygens (including phenoxy) is 1. The summed E-state index contributed by atoms with van der Waals surface area (Å²) in [7, 11) is 1.51. The second-order valence-corrected chi connectivity index (χ2v) is 5.50. The van der Waals surface area contributed by atoms with E-state index in [9.17, 15) is 4.79 Å². The van der Waals surface area contributed by atoms with E-state index in [4.69, 9.17) is 4.74 Å². The molecule has 3 aromatic rings. The van der Waals surface area contributed by atoms with Gasteiger partial charge in [-0.25, -0.2) is 14.5 Å². The van der Waals surface area contributed by atoms with Gasteiger partial charge in [0, 0.05) is 0 Å². The highest BCUT2D eigenvalue weighted by Gasteiger charge is 2.19. The minimum absolute atomic E-state index is 0.181. The van der Waals surface area contributed by atoms with Crippen molar-refractivity contribution in [2.45, 2.75) is 19.9 Å². The Morgan fingerprint density at radius 3 is 2.57 bits per heavy atom. The van der Waals surface area contributed by atoms with Gasteiger partial charge < -0.3 is 4.74 Å². The normalized spacial score (nSPS) is 12.1. The summed E-state index contributed by atoms with van der Waals surface area (Å²) < 4.78 is 6.71. The summed E-state index contributed by atoms with van der Waals surface area (Å²) in [4.78, 5) is 12.0. The van der Waals surface area contributed by atoms with Gasteiger partial charge >= 0.3 is 11.7 Å². The first-order chi connectivity index (χ1) is 11.1. The zero-order valence-corrected chi connectivity index (χ0v) is 13.4. The van der Waals surface area contributed by atoms with Crippen LogP contribution in [0, 0.1) is 6.92 Å². The van der Waals surface area contributed by atoms with Crippen molar-refractivity contribution >= 4 is 0 Å². The lowest BCUT2D eigenvalue weighted by Gasteiger charge is -2.18. The highest BCUT2D eigenvalue weighted by molar-refractivity contribution is 5.65. The van der Waals surface area contributed by atoms with Gasteiger partial charge in [0.1, 0.15) is 0 Å². The average molecular weight is 309 g/mol. The molecular formula is C18H19N3O2. The number of hydrogen-bond acceptors (Lipinski definition) is 3. The summed E-state index contributed by atoms with van der Waals surface area (Å²) >= 11 is 0. The predicted octanol–water partition coefficient (Wildman–Crippen LogP) is 3.16. The molecule has 5 nitrogen and oxygen atoms in total. The molecule has 0 aliphatic rings. The van der Waals surface area contributed by atoms with Crippen molar-refractivity contribution in [2.75, 3.05) is 7.11 Å². The maximum Gasteiger partial charge on any atom is 0.346 e. The van der Waals surface area contributed by atoms with Crippen LogP contribution in [0.25, 0.3) is 11.1 Å². The molecule has 0 saturated heterocycles. The van der Waals surface area contributed by atoms with Crippen molar-refractivity contribution in [3.8, 4) is 17.1 Å². The number of methoxy groups -OCH3 is 1. The number of H-pyrrole nitrogens is 1. The van der Waals surface area contributed by atoms with Crippen LogP contribution in [0.5, 0.6) is 6.01 Å². The Bertz CT molecular complexity index is 865. The molecular weight excluding hydrogens is 290 g/mol.